The maximum Gasteiger partial charge on any atom is 0.404 e. The number of ether oxygens (including phenoxy) is 1. The molecule has 2 N–H and O–H groups in total. The van der Waals surface area contributed by atoms with Crippen LogP contribution in [0.15, 0.2) is 0 Å². The van der Waals surface area contributed by atoms with E-state index >= 15 is 0 Å². The molecule has 0 aromatic rings. The molecule has 0 aromatic carbocycles. The molecule has 0 fully saturated rings. The Labute approximate surface area is 85.5 Å². The zero-order valence-electron chi connectivity index (χ0n) is 7.51. The van der Waals surface area contributed by atoms with Crippen LogP contribution in [0.4, 0.5) is 4.79 Å². The first-order valence-corrected chi connectivity index (χ1v) is 3.14. The molecule has 6 heteroatoms. The van der Waals surface area contributed by atoms with Crippen LogP contribution in [0.2, 0.25) is 0 Å². The summed E-state index contributed by atoms with van der Waals surface area (Å²) in [4.78, 5) is 10.1. The Morgan fingerprint density at radius 1 is 1.33 bits per heavy atom. The van der Waals surface area contributed by atoms with Gasteiger partial charge < -0.3 is 39.8 Å². The predicted molar refractivity (Wildman–Crippen MR) is 38.4 cm³/mol. The molecule has 0 heterocycles. The van der Waals surface area contributed by atoms with Gasteiger partial charge in [-0.1, -0.05) is 0 Å². The van der Waals surface area contributed by atoms with Gasteiger partial charge in [0.05, 0.1) is 21.1 Å². The zero-order valence-corrected chi connectivity index (χ0v) is 9.02. The first-order chi connectivity index (χ1) is 4.42. The van der Waals surface area contributed by atoms with Crippen molar-refractivity contribution in [3.05, 3.63) is 0 Å². The summed E-state index contributed by atoms with van der Waals surface area (Å²) in [6.07, 6.45) is -0.701. The number of carbonyl (C=O) groups is 1. The van der Waals surface area contributed by atoms with Crippen LogP contribution in [-0.2, 0) is 4.74 Å². The summed E-state index contributed by atoms with van der Waals surface area (Å²) in [5.41, 5.74) is 4.75. The molecule has 0 unspecified atom stereocenters. The lowest BCUT2D eigenvalue weighted by Crippen LogP contribution is -3.00. The van der Waals surface area contributed by atoms with Crippen molar-refractivity contribution < 1.29 is 38.8 Å². The van der Waals surface area contributed by atoms with Gasteiger partial charge in [0.2, 0.25) is 0 Å². The van der Waals surface area contributed by atoms with E-state index < -0.39 is 6.09 Å². The number of likely N-dealkylation sites (N-methyl/N-ethyl adjacent to an activating group) is 1. The summed E-state index contributed by atoms with van der Waals surface area (Å²) in [5, 5.41) is 0. The molecule has 0 aliphatic carbocycles. The number of hydrogen-bond donors (Lipinski definition) is 1. The summed E-state index contributed by atoms with van der Waals surface area (Å²) < 4.78 is 5.31. The standard InChI is InChI=1S/C6H14N2O2.2ClH/c1-8(2,3)4-5-10-6(7)9;;/h4-5H2,1-3H3,(H-,7,9);2*1H/p-1. The number of nitrogens with two attached hydrogens (primary N) is 1. The molecule has 1 amide bonds. The Hall–Kier alpha value is -0.190. The van der Waals surface area contributed by atoms with Crippen molar-refractivity contribution in [3.8, 4) is 0 Å². The number of halogens is 2. The molecule has 0 radical (unpaired) electrons. The van der Waals surface area contributed by atoms with Crippen molar-refractivity contribution in [2.75, 3.05) is 34.3 Å². The molecule has 0 aliphatic heterocycles. The smallest absolute Gasteiger partial charge is 0.404 e. The number of hydrogen-bond acceptors (Lipinski definition) is 2. The van der Waals surface area contributed by atoms with Gasteiger partial charge in [-0.15, -0.1) is 0 Å². The number of amides is 1. The maximum absolute atomic E-state index is 10.1. The molecule has 0 rings (SSSR count). The van der Waals surface area contributed by atoms with Crippen LogP contribution in [0.1, 0.15) is 0 Å². The van der Waals surface area contributed by atoms with Crippen molar-refractivity contribution >= 4 is 6.09 Å². The normalized spacial score (nSPS) is 9.25. The lowest BCUT2D eigenvalue weighted by molar-refractivity contribution is -0.870. The third-order valence-electron chi connectivity index (χ3n) is 1.01. The second kappa shape index (κ2) is 7.46. The van der Waals surface area contributed by atoms with E-state index in [-0.39, 0.29) is 24.8 Å². The highest BCUT2D eigenvalue weighted by Gasteiger charge is 2.06. The van der Waals surface area contributed by atoms with E-state index in [0.29, 0.717) is 6.61 Å². The quantitative estimate of drug-likeness (QED) is 0.479. The van der Waals surface area contributed by atoms with Crippen molar-refractivity contribution in [2.24, 2.45) is 5.73 Å². The van der Waals surface area contributed by atoms with Crippen LogP contribution in [0.3, 0.4) is 0 Å². The Balaban J connectivity index is -0.000000405. The fraction of sp³-hybridized carbons (Fsp3) is 0.833. The van der Waals surface area contributed by atoms with Crippen LogP contribution in [0.25, 0.3) is 0 Å². The highest BCUT2D eigenvalue weighted by atomic mass is 35.5. The average Bonchev–Trinajstić information content (AvgIpc) is 1.59. The van der Waals surface area contributed by atoms with Gasteiger partial charge in [0.25, 0.3) is 0 Å². The van der Waals surface area contributed by atoms with Crippen LogP contribution in [0, 0.1) is 0 Å². The summed E-state index contributed by atoms with van der Waals surface area (Å²) in [6.45, 7) is 1.17. The molecule has 12 heavy (non-hydrogen) atoms. The lowest BCUT2D eigenvalue weighted by Gasteiger charge is -2.22. The van der Waals surface area contributed by atoms with Gasteiger partial charge in [-0.05, 0) is 0 Å². The number of nitrogens with zero attached hydrogens (tertiary/aromatic N) is 1. The highest BCUT2D eigenvalue weighted by Crippen LogP contribution is 1.88. The van der Waals surface area contributed by atoms with Crippen LogP contribution in [-0.4, -0.2) is 44.9 Å². The summed E-state index contributed by atoms with van der Waals surface area (Å²) >= 11 is 0. The maximum atomic E-state index is 10.1. The average molecular weight is 218 g/mol. The molecule has 0 spiro atoms. The molecule has 0 aliphatic rings. The molecule has 0 aromatic heterocycles. The fourth-order valence-corrected chi connectivity index (χ4v) is 0.420. The van der Waals surface area contributed by atoms with Crippen molar-refractivity contribution in [1.29, 1.82) is 0 Å². The third-order valence-corrected chi connectivity index (χ3v) is 1.01. The number of carbonyl (C=O) groups excluding carboxylic acids is 1. The highest BCUT2D eigenvalue weighted by molar-refractivity contribution is 5.64. The predicted octanol–water partition coefficient (Wildman–Crippen LogP) is -6.20. The van der Waals surface area contributed by atoms with E-state index in [9.17, 15) is 4.79 Å². The Bertz CT molecular complexity index is 125. The minimum atomic E-state index is -0.701. The Morgan fingerprint density at radius 3 is 2.00 bits per heavy atom. The summed E-state index contributed by atoms with van der Waals surface area (Å²) in [5.74, 6) is 0. The monoisotopic (exact) mass is 217 g/mol. The molecule has 4 nitrogen and oxygen atoms in total. The molecular weight excluding hydrogens is 203 g/mol. The van der Waals surface area contributed by atoms with Gasteiger partial charge in [-0.3, -0.25) is 0 Å². The van der Waals surface area contributed by atoms with E-state index in [2.05, 4.69) is 4.74 Å². The first-order valence-electron chi connectivity index (χ1n) is 3.14. The van der Waals surface area contributed by atoms with E-state index in [1.54, 1.807) is 0 Å². The van der Waals surface area contributed by atoms with E-state index in [0.717, 1.165) is 11.0 Å². The summed E-state index contributed by atoms with van der Waals surface area (Å²) in [6, 6.07) is 0. The summed E-state index contributed by atoms with van der Waals surface area (Å²) in [7, 11) is 6.05. The second-order valence-electron chi connectivity index (χ2n) is 3.18. The van der Waals surface area contributed by atoms with Crippen molar-refractivity contribution in [2.45, 2.75) is 0 Å². The fourth-order valence-electron chi connectivity index (χ4n) is 0.420. The minimum absolute atomic E-state index is 0. The van der Waals surface area contributed by atoms with Gasteiger partial charge >= 0.3 is 6.09 Å². The number of primary amides is 1. The second-order valence-corrected chi connectivity index (χ2v) is 3.18. The lowest BCUT2D eigenvalue weighted by atomic mass is 10.5. The van der Waals surface area contributed by atoms with E-state index in [1.165, 1.54) is 0 Å². The van der Waals surface area contributed by atoms with Crippen LogP contribution < -0.4 is 30.5 Å². The topological polar surface area (TPSA) is 52.3 Å². The molecule has 0 bridgehead atoms. The molecule has 0 atom stereocenters. The van der Waals surface area contributed by atoms with Crippen LogP contribution >= 0.6 is 0 Å². The van der Waals surface area contributed by atoms with Crippen molar-refractivity contribution in [3.63, 3.8) is 0 Å². The van der Waals surface area contributed by atoms with Gasteiger partial charge in [0, 0.05) is 0 Å². The first kappa shape index (κ1) is 17.8. The molecule has 0 saturated heterocycles. The SMILES string of the molecule is C[N+](C)(C)CCOC(N)=O.[Cl-].[Cl-]. The molecule has 0 saturated carbocycles. The van der Waals surface area contributed by atoms with Gasteiger partial charge in [0.1, 0.15) is 13.2 Å². The minimum Gasteiger partial charge on any atom is -1.00 e. The van der Waals surface area contributed by atoms with Gasteiger partial charge in [-0.2, -0.15) is 0 Å². The Morgan fingerprint density at radius 2 is 1.75 bits per heavy atom. The molecule has 76 valence electrons. The van der Waals surface area contributed by atoms with E-state index in [4.69, 9.17) is 5.73 Å². The van der Waals surface area contributed by atoms with Gasteiger partial charge in [0.15, 0.2) is 0 Å². The van der Waals surface area contributed by atoms with Gasteiger partial charge in [-0.25, -0.2) is 4.79 Å². The molecular formula is C6H15Cl2N2O2-. The van der Waals surface area contributed by atoms with E-state index in [1.807, 2.05) is 21.1 Å². The van der Waals surface area contributed by atoms with Crippen LogP contribution in [0.5, 0.6) is 0 Å². The largest absolute Gasteiger partial charge is 1.00 e. The van der Waals surface area contributed by atoms with Crippen molar-refractivity contribution in [1.82, 2.24) is 0 Å². The number of rotatable bonds is 3. The number of quaternary nitrogens is 1. The Kier molecular flexibility index (Phi) is 11.1. The zero-order chi connectivity index (χ0) is 8.20. The third kappa shape index (κ3) is 16.4.